The summed E-state index contributed by atoms with van der Waals surface area (Å²) >= 11 is 0. The van der Waals surface area contributed by atoms with Gasteiger partial charge in [0.05, 0.1) is 18.6 Å². The summed E-state index contributed by atoms with van der Waals surface area (Å²) in [6, 6.07) is 0. The van der Waals surface area contributed by atoms with Gasteiger partial charge in [-0.25, -0.2) is 0 Å². The normalized spacial score (nSPS) is 41.0. The zero-order valence-electron chi connectivity index (χ0n) is 8.61. The van der Waals surface area contributed by atoms with Gasteiger partial charge < -0.3 is 9.84 Å². The first-order valence-electron chi connectivity index (χ1n) is 5.57. The van der Waals surface area contributed by atoms with E-state index in [-0.39, 0.29) is 18.0 Å². The minimum Gasteiger partial charge on any atom is -0.466 e. The fraction of sp³-hybridized carbons (Fsp3) is 0.909. The summed E-state index contributed by atoms with van der Waals surface area (Å²) in [5.74, 6) is 0.693. The van der Waals surface area contributed by atoms with E-state index in [1.54, 1.807) is 0 Å². The highest BCUT2D eigenvalue weighted by Gasteiger charge is 2.44. The average Bonchev–Trinajstić information content (AvgIpc) is 2.42. The van der Waals surface area contributed by atoms with E-state index in [4.69, 9.17) is 4.74 Å². The lowest BCUT2D eigenvalue weighted by Gasteiger charge is -2.30. The summed E-state index contributed by atoms with van der Waals surface area (Å²) in [7, 11) is 0. The van der Waals surface area contributed by atoms with Crippen molar-refractivity contribution < 1.29 is 14.6 Å². The van der Waals surface area contributed by atoms with Crippen LogP contribution >= 0.6 is 0 Å². The molecular formula is C11H18O3. The third-order valence-corrected chi connectivity index (χ3v) is 3.67. The van der Waals surface area contributed by atoms with Gasteiger partial charge in [0.25, 0.3) is 0 Å². The fourth-order valence-electron chi connectivity index (χ4n) is 2.95. The van der Waals surface area contributed by atoms with Crippen molar-refractivity contribution in [2.24, 2.45) is 17.8 Å². The minimum atomic E-state index is -0.152. The molecule has 0 saturated heterocycles. The maximum Gasteiger partial charge on any atom is 0.308 e. The summed E-state index contributed by atoms with van der Waals surface area (Å²) in [5, 5.41) is 9.79. The SMILES string of the molecule is CCOC(=O)C1C[C@H]2CC[C@H](C1)C2O. The topological polar surface area (TPSA) is 46.5 Å². The Morgan fingerprint density at radius 2 is 1.93 bits per heavy atom. The highest BCUT2D eigenvalue weighted by molar-refractivity contribution is 5.72. The van der Waals surface area contributed by atoms with Crippen LogP contribution in [-0.4, -0.2) is 23.8 Å². The Labute approximate surface area is 84.4 Å². The predicted octanol–water partition coefficient (Wildman–Crippen LogP) is 1.35. The highest BCUT2D eigenvalue weighted by Crippen LogP contribution is 2.45. The van der Waals surface area contributed by atoms with Crippen LogP contribution in [-0.2, 0) is 9.53 Å². The molecular weight excluding hydrogens is 180 g/mol. The van der Waals surface area contributed by atoms with Crippen LogP contribution in [0.4, 0.5) is 0 Å². The number of aliphatic hydroxyl groups is 1. The second kappa shape index (κ2) is 3.89. The molecule has 2 rings (SSSR count). The van der Waals surface area contributed by atoms with Gasteiger partial charge in [-0.15, -0.1) is 0 Å². The largest absolute Gasteiger partial charge is 0.466 e. The second-order valence-corrected chi connectivity index (χ2v) is 4.51. The van der Waals surface area contributed by atoms with E-state index in [2.05, 4.69) is 0 Å². The number of carbonyl (C=O) groups excluding carboxylic acids is 1. The lowest BCUT2D eigenvalue weighted by Crippen LogP contribution is -2.34. The van der Waals surface area contributed by atoms with Gasteiger partial charge in [-0.05, 0) is 44.4 Å². The molecule has 2 bridgehead atoms. The number of esters is 1. The van der Waals surface area contributed by atoms with Gasteiger partial charge in [0.1, 0.15) is 0 Å². The average molecular weight is 198 g/mol. The molecule has 2 aliphatic carbocycles. The van der Waals surface area contributed by atoms with Crippen LogP contribution < -0.4 is 0 Å². The van der Waals surface area contributed by atoms with Crippen molar-refractivity contribution in [3.05, 3.63) is 0 Å². The molecule has 1 N–H and O–H groups in total. The molecule has 2 atom stereocenters. The van der Waals surface area contributed by atoms with Crippen molar-refractivity contribution >= 4 is 5.97 Å². The van der Waals surface area contributed by atoms with Crippen LogP contribution in [0.5, 0.6) is 0 Å². The zero-order valence-corrected chi connectivity index (χ0v) is 8.61. The molecule has 0 radical (unpaired) electrons. The maximum atomic E-state index is 11.5. The molecule has 0 spiro atoms. The van der Waals surface area contributed by atoms with E-state index >= 15 is 0 Å². The fourth-order valence-corrected chi connectivity index (χ4v) is 2.95. The molecule has 0 aromatic heterocycles. The lowest BCUT2D eigenvalue weighted by molar-refractivity contribution is -0.151. The van der Waals surface area contributed by atoms with Crippen molar-refractivity contribution in [3.8, 4) is 0 Å². The Bertz CT molecular complexity index is 213. The van der Waals surface area contributed by atoms with E-state index in [1.165, 1.54) is 0 Å². The number of hydrogen-bond donors (Lipinski definition) is 1. The standard InChI is InChI=1S/C11H18O3/c1-2-14-11(13)9-5-7-3-4-8(6-9)10(7)12/h7-10,12H,2-6H2,1H3/t7-,8-,9?,10?/m1/s1. The molecule has 3 heteroatoms. The number of aliphatic hydroxyl groups excluding tert-OH is 1. The van der Waals surface area contributed by atoms with Gasteiger partial charge in [0.15, 0.2) is 0 Å². The van der Waals surface area contributed by atoms with Crippen molar-refractivity contribution in [2.75, 3.05) is 6.61 Å². The van der Waals surface area contributed by atoms with E-state index in [9.17, 15) is 9.90 Å². The van der Waals surface area contributed by atoms with Crippen molar-refractivity contribution in [3.63, 3.8) is 0 Å². The molecule has 0 heterocycles. The van der Waals surface area contributed by atoms with Crippen molar-refractivity contribution in [2.45, 2.75) is 38.7 Å². The van der Waals surface area contributed by atoms with E-state index in [0.29, 0.717) is 18.4 Å². The van der Waals surface area contributed by atoms with Gasteiger partial charge >= 0.3 is 5.97 Å². The van der Waals surface area contributed by atoms with Gasteiger partial charge in [-0.2, -0.15) is 0 Å². The van der Waals surface area contributed by atoms with Gasteiger partial charge in [0, 0.05) is 0 Å². The first kappa shape index (κ1) is 9.97. The Balaban J connectivity index is 1.95. The van der Waals surface area contributed by atoms with Crippen LogP contribution in [0.3, 0.4) is 0 Å². The zero-order chi connectivity index (χ0) is 10.1. The molecule has 2 saturated carbocycles. The summed E-state index contributed by atoms with van der Waals surface area (Å²) < 4.78 is 5.02. The first-order chi connectivity index (χ1) is 6.72. The Morgan fingerprint density at radius 3 is 2.43 bits per heavy atom. The van der Waals surface area contributed by atoms with Crippen LogP contribution in [0, 0.1) is 17.8 Å². The molecule has 2 fully saturated rings. The number of rotatable bonds is 2. The summed E-state index contributed by atoms with van der Waals surface area (Å²) in [6.07, 6.45) is 3.68. The summed E-state index contributed by atoms with van der Waals surface area (Å²) in [4.78, 5) is 11.5. The number of ether oxygens (including phenoxy) is 1. The van der Waals surface area contributed by atoms with Gasteiger partial charge in [0.2, 0.25) is 0 Å². The Morgan fingerprint density at radius 1 is 1.36 bits per heavy atom. The van der Waals surface area contributed by atoms with E-state index < -0.39 is 0 Å². The molecule has 0 unspecified atom stereocenters. The first-order valence-corrected chi connectivity index (χ1v) is 5.57. The Hall–Kier alpha value is -0.570. The van der Waals surface area contributed by atoms with Crippen LogP contribution in [0.2, 0.25) is 0 Å². The number of hydrogen-bond acceptors (Lipinski definition) is 3. The second-order valence-electron chi connectivity index (χ2n) is 4.51. The Kier molecular flexibility index (Phi) is 2.77. The van der Waals surface area contributed by atoms with E-state index in [1.807, 2.05) is 6.92 Å². The third kappa shape index (κ3) is 1.65. The molecule has 2 aliphatic rings. The van der Waals surface area contributed by atoms with Crippen LogP contribution in [0.1, 0.15) is 32.6 Å². The monoisotopic (exact) mass is 198 g/mol. The maximum absolute atomic E-state index is 11.5. The molecule has 14 heavy (non-hydrogen) atoms. The minimum absolute atomic E-state index is 0.0517. The predicted molar refractivity (Wildman–Crippen MR) is 51.6 cm³/mol. The third-order valence-electron chi connectivity index (χ3n) is 3.67. The van der Waals surface area contributed by atoms with E-state index in [0.717, 1.165) is 25.7 Å². The molecule has 80 valence electrons. The van der Waals surface area contributed by atoms with Gasteiger partial charge in [-0.3, -0.25) is 4.79 Å². The molecule has 0 aromatic rings. The quantitative estimate of drug-likeness (QED) is 0.681. The smallest absolute Gasteiger partial charge is 0.308 e. The lowest BCUT2D eigenvalue weighted by atomic mass is 9.79. The molecule has 3 nitrogen and oxygen atoms in total. The molecule has 0 aromatic carbocycles. The summed E-state index contributed by atoms with van der Waals surface area (Å²) in [6.45, 7) is 2.30. The number of fused-ring (bicyclic) bond motifs is 2. The molecule has 0 amide bonds. The van der Waals surface area contributed by atoms with Crippen LogP contribution in [0.15, 0.2) is 0 Å². The van der Waals surface area contributed by atoms with Crippen LogP contribution in [0.25, 0.3) is 0 Å². The number of carbonyl (C=O) groups is 1. The van der Waals surface area contributed by atoms with Crippen molar-refractivity contribution in [1.82, 2.24) is 0 Å². The highest BCUT2D eigenvalue weighted by atomic mass is 16.5. The van der Waals surface area contributed by atoms with Crippen molar-refractivity contribution in [1.29, 1.82) is 0 Å². The molecule has 0 aliphatic heterocycles. The van der Waals surface area contributed by atoms with Gasteiger partial charge in [-0.1, -0.05) is 0 Å². The summed E-state index contributed by atoms with van der Waals surface area (Å²) in [5.41, 5.74) is 0.